The fourth-order valence-electron chi connectivity index (χ4n) is 1.36. The molecule has 0 spiro atoms. The summed E-state index contributed by atoms with van der Waals surface area (Å²) in [5, 5.41) is 3.31. The van der Waals surface area contributed by atoms with Gasteiger partial charge >= 0.3 is 0 Å². The summed E-state index contributed by atoms with van der Waals surface area (Å²) in [6.45, 7) is 4.60. The Labute approximate surface area is 65.5 Å². The van der Waals surface area contributed by atoms with Crippen LogP contribution in [0.3, 0.4) is 0 Å². The van der Waals surface area contributed by atoms with E-state index in [9.17, 15) is 0 Å². The van der Waals surface area contributed by atoms with Crippen LogP contribution in [0, 0.1) is 0 Å². The highest BCUT2D eigenvalue weighted by atomic mass is 15.0. The third kappa shape index (κ3) is 1.07. The van der Waals surface area contributed by atoms with Gasteiger partial charge in [-0.1, -0.05) is 6.08 Å². The topological polar surface area (TPSA) is 40.7 Å². The summed E-state index contributed by atoms with van der Waals surface area (Å²) in [5.74, 6) is 0. The van der Waals surface area contributed by atoms with Crippen LogP contribution in [-0.2, 0) is 13.0 Å². The summed E-state index contributed by atoms with van der Waals surface area (Å²) < 4.78 is 0. The Morgan fingerprint density at radius 2 is 2.64 bits per heavy atom. The lowest BCUT2D eigenvalue weighted by Crippen LogP contribution is -2.33. The molecular formula is C8H11N3. The number of imidazole rings is 1. The fourth-order valence-corrected chi connectivity index (χ4v) is 1.36. The molecule has 0 bridgehead atoms. The molecule has 0 aliphatic carbocycles. The highest BCUT2D eigenvalue weighted by Gasteiger charge is 2.16. The summed E-state index contributed by atoms with van der Waals surface area (Å²) in [7, 11) is 0. The second-order valence-electron chi connectivity index (χ2n) is 2.76. The first-order chi connectivity index (χ1) is 5.40. The van der Waals surface area contributed by atoms with Gasteiger partial charge in [0.2, 0.25) is 0 Å². The number of H-pyrrole nitrogens is 1. The van der Waals surface area contributed by atoms with E-state index in [0.717, 1.165) is 18.7 Å². The van der Waals surface area contributed by atoms with Crippen LogP contribution in [0.15, 0.2) is 19.0 Å². The highest BCUT2D eigenvalue weighted by molar-refractivity contribution is 5.17. The lowest BCUT2D eigenvalue weighted by Gasteiger charge is -2.19. The zero-order chi connectivity index (χ0) is 7.68. The zero-order valence-corrected chi connectivity index (χ0v) is 6.30. The van der Waals surface area contributed by atoms with Crippen molar-refractivity contribution in [2.75, 3.05) is 0 Å². The highest BCUT2D eigenvalue weighted by Crippen LogP contribution is 2.11. The average molecular weight is 149 g/mol. The van der Waals surface area contributed by atoms with Gasteiger partial charge in [0.1, 0.15) is 0 Å². The minimum atomic E-state index is 0.406. The smallest absolute Gasteiger partial charge is 0.0925 e. The van der Waals surface area contributed by atoms with E-state index in [1.807, 2.05) is 6.08 Å². The Bertz CT molecular complexity index is 264. The molecule has 58 valence electrons. The predicted molar refractivity (Wildman–Crippen MR) is 43.1 cm³/mol. The molecule has 1 aliphatic rings. The molecule has 0 aromatic carbocycles. The quantitative estimate of drug-likeness (QED) is 0.574. The van der Waals surface area contributed by atoms with Crippen molar-refractivity contribution in [3.63, 3.8) is 0 Å². The number of aromatic nitrogens is 2. The maximum Gasteiger partial charge on any atom is 0.0925 e. The monoisotopic (exact) mass is 149 g/mol. The van der Waals surface area contributed by atoms with E-state index in [4.69, 9.17) is 0 Å². The van der Waals surface area contributed by atoms with Crippen LogP contribution in [0.5, 0.6) is 0 Å². The Morgan fingerprint density at radius 3 is 3.45 bits per heavy atom. The van der Waals surface area contributed by atoms with Gasteiger partial charge in [0.15, 0.2) is 0 Å². The first-order valence-corrected chi connectivity index (χ1v) is 3.77. The SMILES string of the molecule is C=CC1Cc2[nH]cnc2CN1. The van der Waals surface area contributed by atoms with E-state index in [-0.39, 0.29) is 0 Å². The van der Waals surface area contributed by atoms with E-state index < -0.39 is 0 Å². The molecule has 0 fully saturated rings. The van der Waals surface area contributed by atoms with Crippen molar-refractivity contribution in [2.45, 2.75) is 19.0 Å². The number of rotatable bonds is 1. The Kier molecular flexibility index (Phi) is 1.51. The molecule has 3 heteroatoms. The molecule has 0 saturated heterocycles. The van der Waals surface area contributed by atoms with Gasteiger partial charge in [-0.3, -0.25) is 0 Å². The molecule has 1 aliphatic heterocycles. The molecule has 2 N–H and O–H groups in total. The second kappa shape index (κ2) is 2.51. The van der Waals surface area contributed by atoms with Gasteiger partial charge in [0, 0.05) is 24.7 Å². The van der Waals surface area contributed by atoms with Crippen molar-refractivity contribution >= 4 is 0 Å². The van der Waals surface area contributed by atoms with Gasteiger partial charge in [-0.2, -0.15) is 0 Å². The largest absolute Gasteiger partial charge is 0.348 e. The van der Waals surface area contributed by atoms with Gasteiger partial charge in [0.25, 0.3) is 0 Å². The third-order valence-corrected chi connectivity index (χ3v) is 2.05. The molecule has 0 amide bonds. The fraction of sp³-hybridized carbons (Fsp3) is 0.375. The summed E-state index contributed by atoms with van der Waals surface area (Å²) in [6, 6.07) is 0.406. The van der Waals surface area contributed by atoms with Crippen molar-refractivity contribution in [1.29, 1.82) is 0 Å². The van der Waals surface area contributed by atoms with E-state index in [1.165, 1.54) is 5.69 Å². The number of fused-ring (bicyclic) bond motifs is 1. The lowest BCUT2D eigenvalue weighted by atomic mass is 10.1. The molecule has 1 atom stereocenters. The van der Waals surface area contributed by atoms with Crippen molar-refractivity contribution in [2.24, 2.45) is 0 Å². The van der Waals surface area contributed by atoms with Crippen LogP contribution in [0.25, 0.3) is 0 Å². The summed E-state index contributed by atoms with van der Waals surface area (Å²) >= 11 is 0. The summed E-state index contributed by atoms with van der Waals surface area (Å²) in [6.07, 6.45) is 4.67. The number of hydrogen-bond acceptors (Lipinski definition) is 2. The molecule has 1 unspecified atom stereocenters. The Morgan fingerprint density at radius 1 is 1.73 bits per heavy atom. The average Bonchev–Trinajstić information content (AvgIpc) is 2.50. The minimum Gasteiger partial charge on any atom is -0.348 e. The number of aromatic amines is 1. The third-order valence-electron chi connectivity index (χ3n) is 2.05. The molecule has 1 aromatic rings. The molecule has 1 aromatic heterocycles. The van der Waals surface area contributed by atoms with Crippen LogP contribution in [0.1, 0.15) is 11.4 Å². The normalized spacial score (nSPS) is 22.7. The minimum absolute atomic E-state index is 0.406. The van der Waals surface area contributed by atoms with Crippen LogP contribution in [0.2, 0.25) is 0 Å². The number of nitrogens with one attached hydrogen (secondary N) is 2. The van der Waals surface area contributed by atoms with Gasteiger partial charge in [0.05, 0.1) is 12.0 Å². The van der Waals surface area contributed by atoms with Gasteiger partial charge in [-0.15, -0.1) is 6.58 Å². The Balaban J connectivity index is 2.24. The number of nitrogens with zero attached hydrogens (tertiary/aromatic N) is 1. The summed E-state index contributed by atoms with van der Waals surface area (Å²) in [5.41, 5.74) is 2.39. The Hall–Kier alpha value is -1.09. The molecular weight excluding hydrogens is 138 g/mol. The lowest BCUT2D eigenvalue weighted by molar-refractivity contribution is 0.543. The van der Waals surface area contributed by atoms with E-state index >= 15 is 0 Å². The van der Waals surface area contributed by atoms with Crippen LogP contribution in [0.4, 0.5) is 0 Å². The maximum absolute atomic E-state index is 4.17. The molecule has 0 saturated carbocycles. The van der Waals surface area contributed by atoms with E-state index in [2.05, 4.69) is 21.9 Å². The van der Waals surface area contributed by atoms with E-state index in [1.54, 1.807) is 6.33 Å². The van der Waals surface area contributed by atoms with Crippen LogP contribution < -0.4 is 5.32 Å². The predicted octanol–water partition coefficient (Wildman–Crippen LogP) is 0.610. The van der Waals surface area contributed by atoms with E-state index in [0.29, 0.717) is 6.04 Å². The van der Waals surface area contributed by atoms with Crippen molar-refractivity contribution in [3.8, 4) is 0 Å². The standard InChI is InChI=1S/C8H11N3/c1-2-6-3-7-8(4-9-6)11-5-10-7/h2,5-6,9H,1,3-4H2,(H,10,11). The molecule has 11 heavy (non-hydrogen) atoms. The molecule has 0 radical (unpaired) electrons. The molecule has 2 rings (SSSR count). The summed E-state index contributed by atoms with van der Waals surface area (Å²) in [4.78, 5) is 7.30. The first-order valence-electron chi connectivity index (χ1n) is 3.77. The molecule has 2 heterocycles. The van der Waals surface area contributed by atoms with Gasteiger partial charge in [-0.25, -0.2) is 4.98 Å². The zero-order valence-electron chi connectivity index (χ0n) is 6.30. The van der Waals surface area contributed by atoms with Crippen molar-refractivity contribution < 1.29 is 0 Å². The van der Waals surface area contributed by atoms with Crippen LogP contribution in [-0.4, -0.2) is 16.0 Å². The maximum atomic E-state index is 4.17. The van der Waals surface area contributed by atoms with Crippen molar-refractivity contribution in [3.05, 3.63) is 30.4 Å². The first kappa shape index (κ1) is 6.61. The van der Waals surface area contributed by atoms with Gasteiger partial charge < -0.3 is 10.3 Å². The van der Waals surface area contributed by atoms with Crippen LogP contribution >= 0.6 is 0 Å². The van der Waals surface area contributed by atoms with Gasteiger partial charge in [-0.05, 0) is 0 Å². The molecule has 3 nitrogen and oxygen atoms in total. The van der Waals surface area contributed by atoms with Crippen molar-refractivity contribution in [1.82, 2.24) is 15.3 Å². The second-order valence-corrected chi connectivity index (χ2v) is 2.76. The number of hydrogen-bond donors (Lipinski definition) is 2.